The molecule has 1 aromatic carbocycles. The van der Waals surface area contributed by atoms with Gasteiger partial charge in [0.15, 0.2) is 0 Å². The van der Waals surface area contributed by atoms with Gasteiger partial charge in [0, 0.05) is 13.2 Å². The first-order valence-electron chi connectivity index (χ1n) is 5.60. The minimum atomic E-state index is -0.201. The topological polar surface area (TPSA) is 29.9 Å². The first-order chi connectivity index (χ1) is 8.19. The Morgan fingerprint density at radius 2 is 1.94 bits per heavy atom. The highest BCUT2D eigenvalue weighted by atomic mass is 35.5. The predicted octanol–water partition coefficient (Wildman–Crippen LogP) is 2.48. The van der Waals surface area contributed by atoms with Crippen LogP contribution in [0.25, 0.3) is 0 Å². The third-order valence-corrected chi connectivity index (χ3v) is 2.79. The van der Waals surface area contributed by atoms with E-state index in [0.717, 1.165) is 17.7 Å². The van der Waals surface area contributed by atoms with Crippen LogP contribution in [0, 0.1) is 5.82 Å². The number of halogens is 2. The Bertz CT molecular complexity index is 481. The van der Waals surface area contributed by atoms with Crippen molar-refractivity contribution < 1.29 is 4.39 Å². The number of nitrogens with one attached hydrogen (secondary N) is 1. The molecular formula is C13H17ClFN3. The van der Waals surface area contributed by atoms with Crippen LogP contribution in [0.2, 0.25) is 0 Å². The molecule has 1 aromatic heterocycles. The molecule has 0 amide bonds. The molecule has 1 atom stereocenters. The van der Waals surface area contributed by atoms with Crippen LogP contribution in [0.4, 0.5) is 4.39 Å². The monoisotopic (exact) mass is 269 g/mol. The highest BCUT2D eigenvalue weighted by Gasteiger charge is 2.12. The molecule has 2 aromatic rings. The van der Waals surface area contributed by atoms with Crippen molar-refractivity contribution in [3.8, 4) is 0 Å². The fourth-order valence-corrected chi connectivity index (χ4v) is 1.83. The Morgan fingerprint density at radius 3 is 2.44 bits per heavy atom. The molecule has 0 aliphatic carbocycles. The van der Waals surface area contributed by atoms with Crippen LogP contribution < -0.4 is 5.32 Å². The average Bonchev–Trinajstić information content (AvgIpc) is 2.75. The number of aromatic nitrogens is 2. The van der Waals surface area contributed by atoms with Gasteiger partial charge in [-0.2, -0.15) is 5.10 Å². The molecule has 18 heavy (non-hydrogen) atoms. The molecular weight excluding hydrogens is 253 g/mol. The summed E-state index contributed by atoms with van der Waals surface area (Å²) in [5.41, 5.74) is 2.09. The van der Waals surface area contributed by atoms with Crippen molar-refractivity contribution in [1.82, 2.24) is 15.1 Å². The summed E-state index contributed by atoms with van der Waals surface area (Å²) in [6.45, 7) is 0. The summed E-state index contributed by atoms with van der Waals surface area (Å²) >= 11 is 0. The molecule has 0 saturated heterocycles. The van der Waals surface area contributed by atoms with Crippen LogP contribution in [0.15, 0.2) is 36.5 Å². The molecule has 5 heteroatoms. The van der Waals surface area contributed by atoms with Gasteiger partial charge in [-0.25, -0.2) is 4.39 Å². The molecule has 0 radical (unpaired) electrons. The lowest BCUT2D eigenvalue weighted by molar-refractivity contribution is 0.561. The van der Waals surface area contributed by atoms with E-state index in [-0.39, 0.29) is 24.3 Å². The number of hydrogen-bond acceptors (Lipinski definition) is 2. The number of rotatable bonds is 4. The first kappa shape index (κ1) is 14.7. The van der Waals surface area contributed by atoms with Crippen LogP contribution in [0.5, 0.6) is 0 Å². The molecule has 0 fully saturated rings. The number of aryl methyl sites for hydroxylation is 1. The third kappa shape index (κ3) is 3.55. The molecule has 0 saturated carbocycles. The van der Waals surface area contributed by atoms with Crippen molar-refractivity contribution in [2.24, 2.45) is 7.05 Å². The van der Waals surface area contributed by atoms with E-state index >= 15 is 0 Å². The summed E-state index contributed by atoms with van der Waals surface area (Å²) < 4.78 is 14.6. The number of nitrogens with zero attached hydrogens (tertiary/aromatic N) is 2. The molecule has 1 unspecified atom stereocenters. The highest BCUT2D eigenvalue weighted by molar-refractivity contribution is 5.85. The normalized spacial score (nSPS) is 11.9. The van der Waals surface area contributed by atoms with Crippen molar-refractivity contribution in [2.75, 3.05) is 7.05 Å². The molecule has 98 valence electrons. The molecule has 0 aliphatic rings. The van der Waals surface area contributed by atoms with E-state index in [1.807, 2.05) is 38.5 Å². The zero-order chi connectivity index (χ0) is 12.3. The van der Waals surface area contributed by atoms with E-state index in [2.05, 4.69) is 10.4 Å². The van der Waals surface area contributed by atoms with Crippen LogP contribution in [-0.4, -0.2) is 16.8 Å². The minimum Gasteiger partial charge on any atom is -0.311 e. The zero-order valence-corrected chi connectivity index (χ0v) is 11.2. The number of benzene rings is 1. The van der Waals surface area contributed by atoms with Crippen molar-refractivity contribution in [2.45, 2.75) is 12.5 Å². The quantitative estimate of drug-likeness (QED) is 0.924. The van der Waals surface area contributed by atoms with Gasteiger partial charge in [0.1, 0.15) is 5.82 Å². The predicted molar refractivity (Wildman–Crippen MR) is 72.4 cm³/mol. The maximum absolute atomic E-state index is 12.8. The van der Waals surface area contributed by atoms with Gasteiger partial charge >= 0.3 is 0 Å². The van der Waals surface area contributed by atoms with Gasteiger partial charge in [-0.1, -0.05) is 12.1 Å². The fraction of sp³-hybridized carbons (Fsp3) is 0.308. The van der Waals surface area contributed by atoms with Gasteiger partial charge in [-0.3, -0.25) is 4.68 Å². The fourth-order valence-electron chi connectivity index (χ4n) is 1.83. The van der Waals surface area contributed by atoms with Crippen LogP contribution in [-0.2, 0) is 13.5 Å². The molecule has 2 rings (SSSR count). The van der Waals surface area contributed by atoms with E-state index in [1.165, 1.54) is 12.1 Å². The lowest BCUT2D eigenvalue weighted by atomic mass is 10.0. The van der Waals surface area contributed by atoms with Gasteiger partial charge in [-0.15, -0.1) is 12.4 Å². The highest BCUT2D eigenvalue weighted by Crippen LogP contribution is 2.16. The van der Waals surface area contributed by atoms with E-state index < -0.39 is 0 Å². The molecule has 1 heterocycles. The molecule has 0 spiro atoms. The lowest BCUT2D eigenvalue weighted by Gasteiger charge is -2.13. The van der Waals surface area contributed by atoms with Gasteiger partial charge in [0.05, 0.1) is 11.7 Å². The average molecular weight is 270 g/mol. The Balaban J connectivity index is 0.00000162. The number of hydrogen-bond donors (Lipinski definition) is 1. The second-order valence-electron chi connectivity index (χ2n) is 4.09. The smallest absolute Gasteiger partial charge is 0.123 e. The van der Waals surface area contributed by atoms with Crippen LogP contribution in [0.1, 0.15) is 17.3 Å². The van der Waals surface area contributed by atoms with E-state index in [4.69, 9.17) is 0 Å². The van der Waals surface area contributed by atoms with Gasteiger partial charge in [-0.05, 0) is 37.2 Å². The Morgan fingerprint density at radius 1 is 1.28 bits per heavy atom. The number of likely N-dealkylation sites (N-methyl/N-ethyl adjacent to an activating group) is 1. The third-order valence-electron chi connectivity index (χ3n) is 2.79. The standard InChI is InChI=1S/C13H16FN3.ClH/c1-15-13(12-7-8-17(2)16-12)9-10-3-5-11(14)6-4-10;/h3-8,13,15H,9H2,1-2H3;1H. The molecule has 0 bridgehead atoms. The molecule has 1 N–H and O–H groups in total. The largest absolute Gasteiger partial charge is 0.311 e. The summed E-state index contributed by atoms with van der Waals surface area (Å²) in [4.78, 5) is 0. The van der Waals surface area contributed by atoms with Gasteiger partial charge < -0.3 is 5.32 Å². The Labute approximate surface area is 112 Å². The van der Waals surface area contributed by atoms with E-state index in [9.17, 15) is 4.39 Å². The SMILES string of the molecule is CNC(Cc1ccc(F)cc1)c1ccn(C)n1.Cl. The van der Waals surface area contributed by atoms with Gasteiger partial charge in [0.2, 0.25) is 0 Å². The minimum absolute atomic E-state index is 0. The van der Waals surface area contributed by atoms with E-state index in [1.54, 1.807) is 4.68 Å². The maximum atomic E-state index is 12.8. The summed E-state index contributed by atoms with van der Waals surface area (Å²) in [7, 11) is 3.80. The maximum Gasteiger partial charge on any atom is 0.123 e. The molecule has 3 nitrogen and oxygen atoms in total. The Hall–Kier alpha value is -1.39. The summed E-state index contributed by atoms with van der Waals surface area (Å²) in [5.74, 6) is -0.201. The Kier molecular flexibility index (Phi) is 5.31. The lowest BCUT2D eigenvalue weighted by Crippen LogP contribution is -2.19. The van der Waals surface area contributed by atoms with Gasteiger partial charge in [0.25, 0.3) is 0 Å². The second-order valence-corrected chi connectivity index (χ2v) is 4.09. The van der Waals surface area contributed by atoms with Crippen LogP contribution >= 0.6 is 12.4 Å². The van der Waals surface area contributed by atoms with Crippen molar-refractivity contribution in [1.29, 1.82) is 0 Å². The molecule has 0 aliphatic heterocycles. The first-order valence-corrected chi connectivity index (χ1v) is 5.60. The zero-order valence-electron chi connectivity index (χ0n) is 10.4. The summed E-state index contributed by atoms with van der Waals surface area (Å²) in [5, 5.41) is 7.60. The second kappa shape index (κ2) is 6.52. The summed E-state index contributed by atoms with van der Waals surface area (Å²) in [6, 6.07) is 8.73. The van der Waals surface area contributed by atoms with Crippen molar-refractivity contribution in [3.63, 3.8) is 0 Å². The summed E-state index contributed by atoms with van der Waals surface area (Å²) in [6.07, 6.45) is 2.72. The van der Waals surface area contributed by atoms with Crippen LogP contribution in [0.3, 0.4) is 0 Å². The van der Waals surface area contributed by atoms with E-state index in [0.29, 0.717) is 0 Å². The van der Waals surface area contributed by atoms with Crippen molar-refractivity contribution >= 4 is 12.4 Å². The van der Waals surface area contributed by atoms with Crippen molar-refractivity contribution in [3.05, 3.63) is 53.6 Å².